The molecule has 0 saturated carbocycles. The normalized spacial score (nSPS) is 10.3. The van der Waals surface area contributed by atoms with Crippen molar-refractivity contribution in [1.82, 2.24) is 4.98 Å². The van der Waals surface area contributed by atoms with Crippen molar-refractivity contribution >= 4 is 5.82 Å². The Morgan fingerprint density at radius 2 is 2.20 bits per heavy atom. The number of nitrogens with zero attached hydrogens (tertiary/aromatic N) is 2. The summed E-state index contributed by atoms with van der Waals surface area (Å²) >= 11 is 0. The van der Waals surface area contributed by atoms with Crippen LogP contribution in [0.15, 0.2) is 6.07 Å². The molecule has 80 valence electrons. The lowest BCUT2D eigenvalue weighted by molar-refractivity contribution is 0.152. The van der Waals surface area contributed by atoms with Crippen molar-refractivity contribution in [2.45, 2.75) is 19.4 Å². The van der Waals surface area contributed by atoms with Gasteiger partial charge >= 0.3 is 0 Å². The van der Waals surface area contributed by atoms with Gasteiger partial charge in [-0.2, -0.15) is 5.26 Å². The molecular weight excluding hydrogens is 202 g/mol. The van der Waals surface area contributed by atoms with Gasteiger partial charge in [0, 0.05) is 6.54 Å². The average Bonchev–Trinajstić information content (AvgIpc) is 2.20. The lowest BCUT2D eigenvalue weighted by atomic mass is 10.1. The average molecular weight is 212 g/mol. The van der Waals surface area contributed by atoms with Crippen molar-refractivity contribution in [2.75, 3.05) is 5.73 Å². The summed E-state index contributed by atoms with van der Waals surface area (Å²) < 4.78 is 24.9. The third kappa shape index (κ3) is 2.39. The lowest BCUT2D eigenvalue weighted by Gasteiger charge is -2.09. The summed E-state index contributed by atoms with van der Waals surface area (Å²) in [7, 11) is 0. The highest BCUT2D eigenvalue weighted by Gasteiger charge is 2.15. The van der Waals surface area contributed by atoms with Crippen LogP contribution in [0.2, 0.25) is 0 Å². The number of hydrogen-bond acceptors (Lipinski definition) is 4. The van der Waals surface area contributed by atoms with E-state index in [9.17, 15) is 8.78 Å². The van der Waals surface area contributed by atoms with Crippen LogP contribution in [0.4, 0.5) is 14.6 Å². The number of aromatic nitrogens is 1. The Morgan fingerprint density at radius 3 is 2.67 bits per heavy atom. The van der Waals surface area contributed by atoms with Gasteiger partial charge in [-0.15, -0.1) is 0 Å². The van der Waals surface area contributed by atoms with Crippen LogP contribution in [0.3, 0.4) is 0 Å². The summed E-state index contributed by atoms with van der Waals surface area (Å²) in [6.07, 6.45) is -2.69. The van der Waals surface area contributed by atoms with Crippen molar-refractivity contribution in [3.05, 3.63) is 22.9 Å². The predicted octanol–water partition coefficient (Wildman–Crippen LogP) is 1.13. The van der Waals surface area contributed by atoms with Gasteiger partial charge in [0.2, 0.25) is 0 Å². The van der Waals surface area contributed by atoms with Gasteiger partial charge in [-0.05, 0) is 11.6 Å². The summed E-state index contributed by atoms with van der Waals surface area (Å²) in [5.41, 5.74) is 11.1. The van der Waals surface area contributed by atoms with Gasteiger partial charge < -0.3 is 11.5 Å². The van der Waals surface area contributed by atoms with Gasteiger partial charge in [0.1, 0.15) is 5.82 Å². The minimum absolute atomic E-state index is 0.000463. The van der Waals surface area contributed by atoms with Gasteiger partial charge in [0.25, 0.3) is 6.43 Å². The van der Waals surface area contributed by atoms with E-state index < -0.39 is 6.43 Å². The van der Waals surface area contributed by atoms with Crippen LogP contribution in [-0.2, 0) is 13.0 Å². The Kier molecular flexibility index (Phi) is 3.52. The first kappa shape index (κ1) is 11.3. The maximum absolute atomic E-state index is 12.4. The highest BCUT2D eigenvalue weighted by Crippen LogP contribution is 2.25. The molecule has 1 heterocycles. The lowest BCUT2D eigenvalue weighted by Crippen LogP contribution is -2.09. The summed E-state index contributed by atoms with van der Waals surface area (Å²) in [5, 5.41) is 8.50. The molecule has 1 rings (SSSR count). The second-order valence-corrected chi connectivity index (χ2v) is 2.91. The summed E-state index contributed by atoms with van der Waals surface area (Å²) in [4.78, 5) is 3.75. The maximum atomic E-state index is 12.4. The van der Waals surface area contributed by atoms with Crippen LogP contribution >= 0.6 is 0 Å². The molecular formula is C9H10F2N4. The third-order valence-corrected chi connectivity index (χ3v) is 1.95. The molecule has 4 N–H and O–H groups in total. The molecule has 0 atom stereocenters. The van der Waals surface area contributed by atoms with Crippen molar-refractivity contribution < 1.29 is 8.78 Å². The highest BCUT2D eigenvalue weighted by atomic mass is 19.3. The standard InChI is InChI=1S/C9H10F2N4/c10-8(11)6-3-5(1-2-12)7(4-13)15-9(6)14/h3,8H,1,4,13H2,(H2,14,15). The molecule has 0 spiro atoms. The number of anilines is 1. The molecule has 0 aliphatic rings. The molecule has 0 unspecified atom stereocenters. The van der Waals surface area contributed by atoms with Gasteiger partial charge in [0.15, 0.2) is 0 Å². The molecule has 0 fully saturated rings. The fraction of sp³-hybridized carbons (Fsp3) is 0.333. The molecule has 0 amide bonds. The minimum Gasteiger partial charge on any atom is -0.383 e. The molecule has 4 nitrogen and oxygen atoms in total. The van der Waals surface area contributed by atoms with E-state index in [0.29, 0.717) is 11.3 Å². The first-order valence-corrected chi connectivity index (χ1v) is 4.23. The molecule has 0 aliphatic heterocycles. The van der Waals surface area contributed by atoms with E-state index in [1.165, 1.54) is 6.07 Å². The number of nitrogen functional groups attached to an aromatic ring is 1. The van der Waals surface area contributed by atoms with Gasteiger partial charge in [-0.25, -0.2) is 13.8 Å². The second-order valence-electron chi connectivity index (χ2n) is 2.91. The summed E-state index contributed by atoms with van der Waals surface area (Å²) in [6.45, 7) is 0.0741. The van der Waals surface area contributed by atoms with Crippen LogP contribution in [0.25, 0.3) is 0 Å². The topological polar surface area (TPSA) is 88.7 Å². The molecule has 0 aliphatic carbocycles. The molecule has 15 heavy (non-hydrogen) atoms. The number of nitriles is 1. The first-order chi connectivity index (χ1) is 7.10. The Balaban J connectivity index is 3.25. The van der Waals surface area contributed by atoms with Gasteiger partial charge in [0.05, 0.1) is 23.7 Å². The zero-order chi connectivity index (χ0) is 11.4. The largest absolute Gasteiger partial charge is 0.383 e. The van der Waals surface area contributed by atoms with Crippen molar-refractivity contribution in [1.29, 1.82) is 5.26 Å². The van der Waals surface area contributed by atoms with Crippen LogP contribution < -0.4 is 11.5 Å². The number of pyridine rings is 1. The molecule has 6 heteroatoms. The SMILES string of the molecule is N#CCc1cc(C(F)F)c(N)nc1CN. The maximum Gasteiger partial charge on any atom is 0.267 e. The van der Waals surface area contributed by atoms with Crippen molar-refractivity contribution in [3.63, 3.8) is 0 Å². The van der Waals surface area contributed by atoms with Gasteiger partial charge in [-0.1, -0.05) is 0 Å². The van der Waals surface area contributed by atoms with E-state index in [2.05, 4.69) is 4.98 Å². The number of nitrogens with two attached hydrogens (primary N) is 2. The van der Waals surface area contributed by atoms with Crippen LogP contribution in [-0.4, -0.2) is 4.98 Å². The minimum atomic E-state index is -2.69. The molecule has 1 aromatic heterocycles. The van der Waals surface area contributed by atoms with Crippen molar-refractivity contribution in [3.8, 4) is 6.07 Å². The number of hydrogen-bond donors (Lipinski definition) is 2. The van der Waals surface area contributed by atoms with E-state index in [-0.39, 0.29) is 24.3 Å². The highest BCUT2D eigenvalue weighted by molar-refractivity contribution is 5.45. The molecule has 1 aromatic rings. The quantitative estimate of drug-likeness (QED) is 0.785. The van der Waals surface area contributed by atoms with Crippen LogP contribution in [0.1, 0.15) is 23.2 Å². The van der Waals surface area contributed by atoms with E-state index in [4.69, 9.17) is 16.7 Å². The second kappa shape index (κ2) is 4.66. The molecule has 0 aromatic carbocycles. The fourth-order valence-corrected chi connectivity index (χ4v) is 1.22. The smallest absolute Gasteiger partial charge is 0.267 e. The van der Waals surface area contributed by atoms with Crippen LogP contribution in [0, 0.1) is 11.3 Å². The zero-order valence-electron chi connectivity index (χ0n) is 7.87. The number of rotatable bonds is 3. The van der Waals surface area contributed by atoms with Gasteiger partial charge in [-0.3, -0.25) is 0 Å². The Hall–Kier alpha value is -1.74. The summed E-state index contributed by atoms with van der Waals surface area (Å²) in [6, 6.07) is 3.06. The van der Waals surface area contributed by atoms with E-state index in [1.807, 2.05) is 6.07 Å². The predicted molar refractivity (Wildman–Crippen MR) is 50.8 cm³/mol. The third-order valence-electron chi connectivity index (χ3n) is 1.95. The van der Waals surface area contributed by atoms with Crippen molar-refractivity contribution in [2.24, 2.45) is 5.73 Å². The molecule has 0 bridgehead atoms. The molecule has 0 saturated heterocycles. The van der Waals surface area contributed by atoms with E-state index >= 15 is 0 Å². The Labute approximate surface area is 85.5 Å². The van der Waals surface area contributed by atoms with E-state index in [1.54, 1.807) is 0 Å². The van der Waals surface area contributed by atoms with E-state index in [0.717, 1.165) is 0 Å². The molecule has 0 radical (unpaired) electrons. The summed E-state index contributed by atoms with van der Waals surface area (Å²) in [5.74, 6) is -0.230. The monoisotopic (exact) mass is 212 g/mol. The zero-order valence-corrected chi connectivity index (χ0v) is 7.87. The Morgan fingerprint density at radius 1 is 1.53 bits per heavy atom. The number of halogens is 2. The Bertz CT molecular complexity index is 398. The fourth-order valence-electron chi connectivity index (χ4n) is 1.22. The van der Waals surface area contributed by atoms with Crippen LogP contribution in [0.5, 0.6) is 0 Å². The number of alkyl halides is 2. The first-order valence-electron chi connectivity index (χ1n) is 4.23.